The van der Waals surface area contributed by atoms with Crippen LogP contribution in [-0.2, 0) is 0 Å². The van der Waals surface area contributed by atoms with Crippen molar-refractivity contribution in [3.05, 3.63) is 11.8 Å². The van der Waals surface area contributed by atoms with E-state index in [1.165, 1.54) is 18.1 Å². The van der Waals surface area contributed by atoms with E-state index in [1.807, 2.05) is 0 Å². The number of alkyl halides is 2. The van der Waals surface area contributed by atoms with Crippen molar-refractivity contribution >= 4 is 0 Å². The molecule has 0 aliphatic rings. The summed E-state index contributed by atoms with van der Waals surface area (Å²) in [5, 5.41) is 1.27. The van der Waals surface area contributed by atoms with Crippen molar-refractivity contribution in [2.45, 2.75) is 20.3 Å². The normalized spacial score (nSPS) is 15.4. The number of nitrogens with two attached hydrogens (primary N) is 1. The van der Waals surface area contributed by atoms with E-state index in [9.17, 15) is 8.78 Å². The van der Waals surface area contributed by atoms with E-state index in [4.69, 9.17) is 5.84 Å². The average molecular weight is 164 g/mol. The van der Waals surface area contributed by atoms with Gasteiger partial charge in [0.2, 0.25) is 6.43 Å². The molecule has 0 aromatic heterocycles. The molecule has 2 N–H and O–H groups in total. The molecule has 0 heterocycles. The monoisotopic (exact) mass is 164 g/mol. The molecule has 0 rings (SSSR count). The Morgan fingerprint density at radius 1 is 1.55 bits per heavy atom. The van der Waals surface area contributed by atoms with Crippen LogP contribution in [0.15, 0.2) is 11.8 Å². The van der Waals surface area contributed by atoms with Gasteiger partial charge in [0.1, 0.15) is 0 Å². The predicted molar refractivity (Wildman–Crippen MR) is 40.9 cm³/mol. The van der Waals surface area contributed by atoms with Crippen molar-refractivity contribution in [1.82, 2.24) is 5.01 Å². The van der Waals surface area contributed by atoms with Crippen LogP contribution in [0, 0.1) is 5.92 Å². The Bertz CT molecular complexity index is 143. The van der Waals surface area contributed by atoms with Gasteiger partial charge in [-0.25, -0.2) is 14.6 Å². The first-order valence-corrected chi connectivity index (χ1v) is 3.39. The molecule has 0 saturated heterocycles. The molecule has 11 heavy (non-hydrogen) atoms. The third kappa shape index (κ3) is 3.93. The van der Waals surface area contributed by atoms with Gasteiger partial charge in [0.05, 0.1) is 0 Å². The molecule has 0 bridgehead atoms. The highest BCUT2D eigenvalue weighted by Crippen LogP contribution is 2.17. The quantitative estimate of drug-likeness (QED) is 0.507. The lowest BCUT2D eigenvalue weighted by Crippen LogP contribution is -2.21. The summed E-state index contributed by atoms with van der Waals surface area (Å²) in [7, 11) is 1.60. The van der Waals surface area contributed by atoms with Gasteiger partial charge >= 0.3 is 0 Å². The fourth-order valence-electron chi connectivity index (χ4n) is 0.637. The summed E-state index contributed by atoms with van der Waals surface area (Å²) in [5.74, 6) is 4.52. The molecular formula is C7H14F2N2. The van der Waals surface area contributed by atoms with E-state index < -0.39 is 12.3 Å². The molecular weight excluding hydrogens is 150 g/mol. The van der Waals surface area contributed by atoms with Gasteiger partial charge in [0, 0.05) is 19.2 Å². The van der Waals surface area contributed by atoms with Gasteiger partial charge < -0.3 is 5.01 Å². The molecule has 0 aliphatic heterocycles. The molecule has 0 amide bonds. The number of hydrogen-bond donors (Lipinski definition) is 1. The summed E-state index contributed by atoms with van der Waals surface area (Å²) in [4.78, 5) is 0. The first kappa shape index (κ1) is 10.4. The first-order valence-electron chi connectivity index (χ1n) is 3.39. The molecule has 1 unspecified atom stereocenters. The number of allylic oxidation sites excluding steroid dienone is 1. The molecule has 66 valence electrons. The van der Waals surface area contributed by atoms with E-state index in [2.05, 4.69) is 0 Å². The van der Waals surface area contributed by atoms with Gasteiger partial charge in [-0.15, -0.1) is 0 Å². The molecule has 2 nitrogen and oxygen atoms in total. The average Bonchev–Trinajstić information content (AvgIpc) is 1.84. The molecule has 0 saturated carbocycles. The predicted octanol–water partition coefficient (Wildman–Crippen LogP) is 1.60. The maximum atomic E-state index is 12.0. The van der Waals surface area contributed by atoms with Gasteiger partial charge in [-0.05, 0) is 12.5 Å². The number of hydrogen-bond acceptors (Lipinski definition) is 2. The zero-order valence-corrected chi connectivity index (χ0v) is 7.01. The Hall–Kier alpha value is -0.640. The zero-order valence-electron chi connectivity index (χ0n) is 7.01. The van der Waals surface area contributed by atoms with E-state index in [-0.39, 0.29) is 0 Å². The molecule has 0 aliphatic carbocycles. The van der Waals surface area contributed by atoms with Crippen molar-refractivity contribution in [1.29, 1.82) is 0 Å². The summed E-state index contributed by atoms with van der Waals surface area (Å²) < 4.78 is 24.1. The Kier molecular flexibility index (Phi) is 4.03. The molecule has 0 spiro atoms. The Morgan fingerprint density at radius 3 is 2.27 bits per heavy atom. The second kappa shape index (κ2) is 4.28. The minimum atomic E-state index is -2.31. The SMILES string of the molecule is C/C(=C/N(C)N)C(C)C(F)F. The van der Waals surface area contributed by atoms with E-state index in [0.29, 0.717) is 5.57 Å². The van der Waals surface area contributed by atoms with Crippen LogP contribution in [0.3, 0.4) is 0 Å². The minimum Gasteiger partial charge on any atom is -0.321 e. The van der Waals surface area contributed by atoms with Crippen molar-refractivity contribution < 1.29 is 8.78 Å². The maximum Gasteiger partial charge on any atom is 0.244 e. The lowest BCUT2D eigenvalue weighted by molar-refractivity contribution is 0.102. The number of nitrogens with zero attached hydrogens (tertiary/aromatic N) is 1. The van der Waals surface area contributed by atoms with Crippen molar-refractivity contribution in [3.63, 3.8) is 0 Å². The number of hydrazine groups is 1. The standard InChI is InChI=1S/C7H14F2N2/c1-5(4-11(3)10)6(2)7(8)9/h4,6-7H,10H2,1-3H3/b5-4-. The summed E-state index contributed by atoms with van der Waals surface area (Å²) in [6.45, 7) is 3.11. The van der Waals surface area contributed by atoms with Crippen LogP contribution in [0.1, 0.15) is 13.8 Å². The van der Waals surface area contributed by atoms with Gasteiger partial charge in [-0.2, -0.15) is 0 Å². The molecule has 0 fully saturated rings. The van der Waals surface area contributed by atoms with Crippen LogP contribution in [0.5, 0.6) is 0 Å². The summed E-state index contributed by atoms with van der Waals surface area (Å²) in [6.07, 6.45) is -0.817. The maximum absolute atomic E-state index is 12.0. The lowest BCUT2D eigenvalue weighted by Gasteiger charge is -2.13. The minimum absolute atomic E-state index is 0.588. The van der Waals surface area contributed by atoms with Gasteiger partial charge in [0.15, 0.2) is 0 Å². The fourth-order valence-corrected chi connectivity index (χ4v) is 0.637. The second-order valence-corrected chi connectivity index (χ2v) is 2.66. The zero-order chi connectivity index (χ0) is 9.02. The molecule has 0 radical (unpaired) electrons. The van der Waals surface area contributed by atoms with Crippen LogP contribution in [0.4, 0.5) is 8.78 Å². The second-order valence-electron chi connectivity index (χ2n) is 2.66. The van der Waals surface area contributed by atoms with Gasteiger partial charge in [0.25, 0.3) is 0 Å². The Balaban J connectivity index is 4.11. The van der Waals surface area contributed by atoms with Crippen LogP contribution < -0.4 is 5.84 Å². The molecule has 1 atom stereocenters. The van der Waals surface area contributed by atoms with Crippen LogP contribution in [0.25, 0.3) is 0 Å². The van der Waals surface area contributed by atoms with Gasteiger partial charge in [-0.3, -0.25) is 0 Å². The molecule has 0 aromatic carbocycles. The van der Waals surface area contributed by atoms with Crippen molar-refractivity contribution in [3.8, 4) is 0 Å². The topological polar surface area (TPSA) is 29.3 Å². The number of rotatable bonds is 3. The molecule has 0 aromatic rings. The van der Waals surface area contributed by atoms with E-state index in [0.717, 1.165) is 0 Å². The van der Waals surface area contributed by atoms with Crippen LogP contribution in [0.2, 0.25) is 0 Å². The summed E-state index contributed by atoms with van der Waals surface area (Å²) in [6, 6.07) is 0. The highest BCUT2D eigenvalue weighted by atomic mass is 19.3. The Labute approximate surface area is 65.6 Å². The summed E-state index contributed by atoms with van der Waals surface area (Å²) in [5.41, 5.74) is 0.588. The van der Waals surface area contributed by atoms with Crippen LogP contribution >= 0.6 is 0 Å². The van der Waals surface area contributed by atoms with E-state index >= 15 is 0 Å². The van der Waals surface area contributed by atoms with E-state index in [1.54, 1.807) is 14.0 Å². The van der Waals surface area contributed by atoms with Crippen molar-refractivity contribution in [2.75, 3.05) is 7.05 Å². The smallest absolute Gasteiger partial charge is 0.244 e. The van der Waals surface area contributed by atoms with Crippen molar-refractivity contribution in [2.24, 2.45) is 11.8 Å². The largest absolute Gasteiger partial charge is 0.321 e. The Morgan fingerprint density at radius 2 is 2.00 bits per heavy atom. The summed E-state index contributed by atoms with van der Waals surface area (Å²) >= 11 is 0. The first-order chi connectivity index (χ1) is 4.95. The lowest BCUT2D eigenvalue weighted by atomic mass is 10.1. The van der Waals surface area contributed by atoms with Crippen LogP contribution in [-0.4, -0.2) is 18.5 Å². The third-order valence-corrected chi connectivity index (χ3v) is 1.50. The highest BCUT2D eigenvalue weighted by molar-refractivity contribution is 5.01. The van der Waals surface area contributed by atoms with Gasteiger partial charge in [-0.1, -0.05) is 6.92 Å². The third-order valence-electron chi connectivity index (χ3n) is 1.50. The number of halogens is 2. The fraction of sp³-hybridized carbons (Fsp3) is 0.714. The highest BCUT2D eigenvalue weighted by Gasteiger charge is 2.15. The molecule has 4 heteroatoms.